The number of carbonyl (C=O) groups is 1. The third kappa shape index (κ3) is 2.83. The van der Waals surface area contributed by atoms with Gasteiger partial charge in [-0.3, -0.25) is 4.79 Å². The minimum absolute atomic E-state index is 0.0969. The van der Waals surface area contributed by atoms with Crippen molar-refractivity contribution < 1.29 is 9.18 Å². The third-order valence-electron chi connectivity index (χ3n) is 2.68. The smallest absolute Gasteiger partial charge is 0.240 e. The van der Waals surface area contributed by atoms with Gasteiger partial charge in [-0.15, -0.1) is 0 Å². The van der Waals surface area contributed by atoms with Gasteiger partial charge in [0.25, 0.3) is 0 Å². The quantitative estimate of drug-likeness (QED) is 0.856. The highest BCUT2D eigenvalue weighted by Gasteiger charge is 2.14. The molecular weight excluding hydrogens is 231 g/mol. The van der Waals surface area contributed by atoms with Crippen LogP contribution in [0.3, 0.4) is 0 Å². The average Bonchev–Trinajstić information content (AvgIpc) is 2.32. The van der Waals surface area contributed by atoms with Gasteiger partial charge < -0.3 is 0 Å². The number of amides is 1. The van der Waals surface area contributed by atoms with Crippen LogP contribution in [0.4, 0.5) is 4.39 Å². The first-order valence-corrected chi connectivity index (χ1v) is 5.86. The van der Waals surface area contributed by atoms with E-state index in [1.54, 1.807) is 12.1 Å². The Kier molecular flexibility index (Phi) is 3.55. The number of nitrogens with one attached hydrogen (secondary N) is 1. The summed E-state index contributed by atoms with van der Waals surface area (Å²) in [7, 11) is 0. The van der Waals surface area contributed by atoms with E-state index in [1.165, 1.54) is 6.07 Å². The summed E-state index contributed by atoms with van der Waals surface area (Å²) in [4.78, 5) is 11.0. The van der Waals surface area contributed by atoms with Crippen molar-refractivity contribution in [2.75, 3.05) is 0 Å². The fourth-order valence-corrected chi connectivity index (χ4v) is 1.82. The van der Waals surface area contributed by atoms with Crippen LogP contribution in [0.1, 0.15) is 37.8 Å². The Morgan fingerprint density at radius 3 is 2.72 bits per heavy atom. The highest BCUT2D eigenvalue weighted by molar-refractivity contribution is 6.04. The van der Waals surface area contributed by atoms with Crippen LogP contribution in [0.5, 0.6) is 0 Å². The van der Waals surface area contributed by atoms with Gasteiger partial charge >= 0.3 is 0 Å². The highest BCUT2D eigenvalue weighted by Crippen LogP contribution is 2.17. The second-order valence-corrected chi connectivity index (χ2v) is 4.55. The van der Waals surface area contributed by atoms with E-state index in [-0.39, 0.29) is 11.7 Å². The summed E-state index contributed by atoms with van der Waals surface area (Å²) in [5.74, 6) is -0.367. The van der Waals surface area contributed by atoms with Crippen molar-refractivity contribution in [1.82, 2.24) is 5.43 Å². The molecule has 1 heterocycles. The molecule has 0 unspecified atom stereocenters. The minimum Gasteiger partial charge on any atom is -0.273 e. The monoisotopic (exact) mass is 246 g/mol. The number of rotatable bonds is 2. The molecular formula is C14H15FN2O. The van der Waals surface area contributed by atoms with E-state index in [0.29, 0.717) is 18.4 Å². The van der Waals surface area contributed by atoms with Crippen molar-refractivity contribution in [2.24, 2.45) is 5.10 Å². The molecule has 0 fully saturated rings. The zero-order valence-electron chi connectivity index (χ0n) is 10.5. The Labute approximate surface area is 105 Å². The van der Waals surface area contributed by atoms with Crippen LogP contribution in [0.25, 0.3) is 6.08 Å². The first-order valence-electron chi connectivity index (χ1n) is 5.86. The Balaban J connectivity index is 2.29. The van der Waals surface area contributed by atoms with Crippen LogP contribution in [0, 0.1) is 5.82 Å². The summed E-state index contributed by atoms with van der Waals surface area (Å²) >= 11 is 0. The highest BCUT2D eigenvalue weighted by atomic mass is 19.1. The van der Waals surface area contributed by atoms with Gasteiger partial charge in [-0.1, -0.05) is 23.8 Å². The summed E-state index contributed by atoms with van der Waals surface area (Å²) in [6.07, 6.45) is 2.74. The van der Waals surface area contributed by atoms with Crippen LogP contribution in [0.2, 0.25) is 0 Å². The lowest BCUT2D eigenvalue weighted by Crippen LogP contribution is -2.25. The molecule has 0 atom stereocenters. The second-order valence-electron chi connectivity index (χ2n) is 4.55. The maximum atomic E-state index is 13.9. The lowest BCUT2D eigenvalue weighted by Gasteiger charge is -2.12. The van der Waals surface area contributed by atoms with Crippen molar-refractivity contribution >= 4 is 17.7 Å². The van der Waals surface area contributed by atoms with Gasteiger partial charge in [0.1, 0.15) is 5.82 Å². The Morgan fingerprint density at radius 1 is 1.39 bits per heavy atom. The predicted octanol–water partition coefficient (Wildman–Crippen LogP) is 2.86. The molecule has 94 valence electrons. The zero-order valence-corrected chi connectivity index (χ0v) is 10.5. The summed E-state index contributed by atoms with van der Waals surface area (Å²) in [5.41, 5.74) is 5.47. The molecule has 0 saturated carbocycles. The van der Waals surface area contributed by atoms with E-state index in [9.17, 15) is 9.18 Å². The molecule has 18 heavy (non-hydrogen) atoms. The van der Waals surface area contributed by atoms with Gasteiger partial charge in [-0.05, 0) is 19.9 Å². The van der Waals surface area contributed by atoms with Gasteiger partial charge in [0.05, 0.1) is 5.71 Å². The second kappa shape index (κ2) is 5.12. The molecule has 0 spiro atoms. The normalized spacial score (nSPS) is 14.8. The number of hydrogen-bond acceptors (Lipinski definition) is 2. The average molecular weight is 246 g/mol. The molecule has 1 aromatic rings. The largest absolute Gasteiger partial charge is 0.273 e. The Hall–Kier alpha value is -1.97. The standard InChI is InChI=1S/C14H15FN2O/c1-9(2)7-10-3-4-11(8-12(10)15)13-5-6-14(18)17-16-13/h3-4,7-8H,5-6H2,1-2H3,(H,17,18). The lowest BCUT2D eigenvalue weighted by molar-refractivity contribution is -0.121. The van der Waals surface area contributed by atoms with E-state index in [0.717, 1.165) is 16.8 Å². The van der Waals surface area contributed by atoms with Gasteiger partial charge in [0.2, 0.25) is 5.91 Å². The fraction of sp³-hybridized carbons (Fsp3) is 0.286. The van der Waals surface area contributed by atoms with Crippen LogP contribution in [0.15, 0.2) is 28.9 Å². The van der Waals surface area contributed by atoms with Gasteiger partial charge in [0.15, 0.2) is 0 Å². The molecule has 4 heteroatoms. The van der Waals surface area contributed by atoms with Gasteiger partial charge in [-0.25, -0.2) is 9.82 Å². The molecule has 1 amide bonds. The maximum Gasteiger partial charge on any atom is 0.240 e. The maximum absolute atomic E-state index is 13.9. The van der Waals surface area contributed by atoms with Crippen molar-refractivity contribution in [1.29, 1.82) is 0 Å². The minimum atomic E-state index is -0.270. The fourth-order valence-electron chi connectivity index (χ4n) is 1.82. The van der Waals surface area contributed by atoms with Gasteiger partial charge in [-0.2, -0.15) is 5.10 Å². The molecule has 3 nitrogen and oxygen atoms in total. The zero-order chi connectivity index (χ0) is 13.1. The first kappa shape index (κ1) is 12.5. The molecule has 0 radical (unpaired) electrons. The molecule has 0 bridgehead atoms. The number of benzene rings is 1. The molecule has 2 rings (SSSR count). The first-order chi connectivity index (χ1) is 8.56. The summed E-state index contributed by atoms with van der Waals surface area (Å²) < 4.78 is 13.9. The summed E-state index contributed by atoms with van der Waals surface area (Å²) in [6, 6.07) is 5.02. The Bertz CT molecular complexity index is 543. The van der Waals surface area contributed by atoms with E-state index in [2.05, 4.69) is 10.5 Å². The SMILES string of the molecule is CC(C)=Cc1ccc(C2=NNC(=O)CC2)cc1F. The number of nitrogens with zero attached hydrogens (tertiary/aromatic N) is 1. The van der Waals surface area contributed by atoms with E-state index in [1.807, 2.05) is 19.9 Å². The van der Waals surface area contributed by atoms with Crippen molar-refractivity contribution in [3.8, 4) is 0 Å². The van der Waals surface area contributed by atoms with Gasteiger partial charge in [0, 0.05) is 24.0 Å². The van der Waals surface area contributed by atoms with Crippen molar-refractivity contribution in [3.05, 3.63) is 40.7 Å². The van der Waals surface area contributed by atoms with Crippen LogP contribution >= 0.6 is 0 Å². The van der Waals surface area contributed by atoms with E-state index in [4.69, 9.17) is 0 Å². The molecule has 1 aromatic carbocycles. The number of halogens is 1. The third-order valence-corrected chi connectivity index (χ3v) is 2.68. The molecule has 0 aliphatic carbocycles. The van der Waals surface area contributed by atoms with Crippen LogP contribution < -0.4 is 5.43 Å². The van der Waals surface area contributed by atoms with Crippen molar-refractivity contribution in [3.63, 3.8) is 0 Å². The molecule has 0 saturated heterocycles. The number of carbonyl (C=O) groups excluding carboxylic acids is 1. The molecule has 1 aliphatic rings. The predicted molar refractivity (Wildman–Crippen MR) is 69.6 cm³/mol. The lowest BCUT2D eigenvalue weighted by atomic mass is 10.0. The number of allylic oxidation sites excluding steroid dienone is 1. The number of hydrogen-bond donors (Lipinski definition) is 1. The summed E-state index contributed by atoms with van der Waals surface area (Å²) in [5, 5.41) is 3.95. The number of hydrazone groups is 1. The molecule has 1 N–H and O–H groups in total. The van der Waals surface area contributed by atoms with E-state index < -0.39 is 0 Å². The van der Waals surface area contributed by atoms with Crippen LogP contribution in [-0.4, -0.2) is 11.6 Å². The molecule has 0 aromatic heterocycles. The summed E-state index contributed by atoms with van der Waals surface area (Å²) in [6.45, 7) is 3.85. The Morgan fingerprint density at radius 2 is 2.17 bits per heavy atom. The molecule has 1 aliphatic heterocycles. The topological polar surface area (TPSA) is 41.5 Å². The van der Waals surface area contributed by atoms with E-state index >= 15 is 0 Å². The van der Waals surface area contributed by atoms with Crippen LogP contribution in [-0.2, 0) is 4.79 Å². The van der Waals surface area contributed by atoms with Crippen molar-refractivity contribution in [2.45, 2.75) is 26.7 Å².